The number of amides is 1. The van der Waals surface area contributed by atoms with Crippen molar-refractivity contribution in [1.82, 2.24) is 4.98 Å². The Balaban J connectivity index is 1.61. The van der Waals surface area contributed by atoms with Gasteiger partial charge in [-0.3, -0.25) is 9.78 Å². The van der Waals surface area contributed by atoms with Gasteiger partial charge in [0.25, 0.3) is 0 Å². The molecule has 2 unspecified atom stereocenters. The van der Waals surface area contributed by atoms with Crippen LogP contribution in [0.1, 0.15) is 37.3 Å². The fourth-order valence-corrected chi connectivity index (χ4v) is 4.20. The number of rotatable bonds is 2. The van der Waals surface area contributed by atoms with E-state index in [-0.39, 0.29) is 23.2 Å². The lowest BCUT2D eigenvalue weighted by molar-refractivity contribution is -0.125. The summed E-state index contributed by atoms with van der Waals surface area (Å²) in [5.74, 6) is -0.781. The number of pyridine rings is 1. The third kappa shape index (κ3) is 3.07. The van der Waals surface area contributed by atoms with Gasteiger partial charge in [0.2, 0.25) is 5.91 Å². The van der Waals surface area contributed by atoms with Crippen LogP contribution in [0.3, 0.4) is 0 Å². The maximum Gasteiger partial charge on any atom is 0.230 e. The molecule has 138 valence electrons. The van der Waals surface area contributed by atoms with Crippen LogP contribution >= 0.6 is 0 Å². The molecule has 0 bridgehead atoms. The molecule has 4 rings (SSSR count). The van der Waals surface area contributed by atoms with Gasteiger partial charge in [0.05, 0.1) is 17.3 Å². The lowest BCUT2D eigenvalue weighted by atomic mass is 9.68. The molecule has 0 fully saturated rings. The van der Waals surface area contributed by atoms with E-state index in [4.69, 9.17) is 0 Å². The summed E-state index contributed by atoms with van der Waals surface area (Å²) in [5.41, 5.74) is 1.74. The number of para-hydroxylation sites is 1. The number of nitrogens with zero attached hydrogens (tertiary/aromatic N) is 1. The highest BCUT2D eigenvalue weighted by atomic mass is 19.1. The molecule has 0 saturated carbocycles. The number of carbonyl (C=O) groups excluding carboxylic acids is 1. The third-order valence-electron chi connectivity index (χ3n) is 5.44. The smallest absolute Gasteiger partial charge is 0.230 e. The van der Waals surface area contributed by atoms with E-state index in [9.17, 15) is 13.6 Å². The molecule has 1 aliphatic carbocycles. The van der Waals surface area contributed by atoms with Crippen LogP contribution < -0.4 is 5.32 Å². The van der Waals surface area contributed by atoms with E-state index in [0.29, 0.717) is 29.5 Å². The molecular formula is C22H20F2N2O. The topological polar surface area (TPSA) is 42.0 Å². The van der Waals surface area contributed by atoms with Gasteiger partial charge in [-0.15, -0.1) is 0 Å². The predicted molar refractivity (Wildman–Crippen MR) is 102 cm³/mol. The van der Waals surface area contributed by atoms with Crippen LogP contribution in [0.2, 0.25) is 0 Å². The van der Waals surface area contributed by atoms with Gasteiger partial charge in [-0.25, -0.2) is 8.78 Å². The Morgan fingerprint density at radius 2 is 1.93 bits per heavy atom. The molecular weight excluding hydrogens is 346 g/mol. The molecule has 1 aromatic heterocycles. The van der Waals surface area contributed by atoms with Crippen molar-refractivity contribution in [2.75, 3.05) is 5.32 Å². The maximum absolute atomic E-state index is 14.2. The number of halogens is 2. The predicted octanol–water partition coefficient (Wildman–Crippen LogP) is 5.21. The quantitative estimate of drug-likeness (QED) is 0.677. The van der Waals surface area contributed by atoms with Gasteiger partial charge < -0.3 is 5.32 Å². The van der Waals surface area contributed by atoms with Gasteiger partial charge in [-0.2, -0.15) is 0 Å². The van der Waals surface area contributed by atoms with Crippen molar-refractivity contribution in [3.63, 3.8) is 0 Å². The zero-order valence-corrected chi connectivity index (χ0v) is 15.2. The first kappa shape index (κ1) is 17.6. The van der Waals surface area contributed by atoms with Crippen molar-refractivity contribution < 1.29 is 13.6 Å². The lowest BCUT2D eigenvalue weighted by Gasteiger charge is -2.37. The highest BCUT2D eigenvalue weighted by Crippen LogP contribution is 2.43. The SMILES string of the molecule is CC1CC(C)(C(=O)Nc2cnc3c(F)cccc3c2)Cc2cccc(F)c21. The summed E-state index contributed by atoms with van der Waals surface area (Å²) >= 11 is 0. The Hall–Kier alpha value is -2.82. The number of fused-ring (bicyclic) bond motifs is 2. The Labute approximate surface area is 156 Å². The first-order valence-electron chi connectivity index (χ1n) is 9.00. The first-order valence-corrected chi connectivity index (χ1v) is 9.00. The van der Waals surface area contributed by atoms with Crippen LogP contribution in [0.25, 0.3) is 10.9 Å². The molecule has 3 nitrogen and oxygen atoms in total. The van der Waals surface area contributed by atoms with Crippen LogP contribution in [-0.4, -0.2) is 10.9 Å². The van der Waals surface area contributed by atoms with Crippen LogP contribution in [0.5, 0.6) is 0 Å². The summed E-state index contributed by atoms with van der Waals surface area (Å²) in [7, 11) is 0. The van der Waals surface area contributed by atoms with Crippen molar-refractivity contribution in [2.24, 2.45) is 5.41 Å². The summed E-state index contributed by atoms with van der Waals surface area (Å²) in [6.45, 7) is 3.85. The summed E-state index contributed by atoms with van der Waals surface area (Å²) in [5, 5.41) is 3.54. The number of aromatic nitrogens is 1. The molecule has 0 aliphatic heterocycles. The van der Waals surface area contributed by atoms with Gasteiger partial charge in [0, 0.05) is 5.39 Å². The van der Waals surface area contributed by atoms with Crippen molar-refractivity contribution in [1.29, 1.82) is 0 Å². The summed E-state index contributed by atoms with van der Waals surface area (Å²) in [4.78, 5) is 17.2. The monoisotopic (exact) mass is 366 g/mol. The summed E-state index contributed by atoms with van der Waals surface area (Å²) in [6.07, 6.45) is 2.50. The molecule has 1 amide bonds. The number of carbonyl (C=O) groups is 1. The molecule has 1 aliphatic rings. The van der Waals surface area contributed by atoms with E-state index in [2.05, 4.69) is 10.3 Å². The second-order valence-corrected chi connectivity index (χ2v) is 7.64. The molecule has 2 aromatic carbocycles. The van der Waals surface area contributed by atoms with Crippen molar-refractivity contribution in [2.45, 2.75) is 32.6 Å². The summed E-state index contributed by atoms with van der Waals surface area (Å²) in [6, 6.07) is 11.5. The Morgan fingerprint density at radius 3 is 2.74 bits per heavy atom. The van der Waals surface area contributed by atoms with E-state index in [0.717, 1.165) is 5.56 Å². The van der Waals surface area contributed by atoms with E-state index in [1.54, 1.807) is 24.3 Å². The van der Waals surface area contributed by atoms with Gasteiger partial charge in [0.1, 0.15) is 17.2 Å². The van der Waals surface area contributed by atoms with Crippen molar-refractivity contribution in [3.05, 3.63) is 71.4 Å². The van der Waals surface area contributed by atoms with Crippen LogP contribution in [-0.2, 0) is 11.2 Å². The average molecular weight is 366 g/mol. The standard InChI is InChI=1S/C22H20F2N2O/c1-13-10-22(2,11-15-6-4-7-17(23)19(13)15)21(27)26-16-9-14-5-3-8-18(24)20(14)25-12-16/h3-9,12-13H,10-11H2,1-2H3,(H,26,27). The molecule has 27 heavy (non-hydrogen) atoms. The van der Waals surface area contributed by atoms with Gasteiger partial charge in [-0.05, 0) is 48.1 Å². The minimum Gasteiger partial charge on any atom is -0.324 e. The van der Waals surface area contributed by atoms with Gasteiger partial charge in [0.15, 0.2) is 0 Å². The second-order valence-electron chi connectivity index (χ2n) is 7.64. The second kappa shape index (κ2) is 6.41. The van der Waals surface area contributed by atoms with E-state index in [1.807, 2.05) is 19.9 Å². The Kier molecular flexibility index (Phi) is 4.17. The molecule has 2 atom stereocenters. The lowest BCUT2D eigenvalue weighted by Crippen LogP contribution is -2.39. The van der Waals surface area contributed by atoms with Crippen LogP contribution in [0.4, 0.5) is 14.5 Å². The molecule has 0 spiro atoms. The number of anilines is 1. The number of hydrogen-bond donors (Lipinski definition) is 1. The van der Waals surface area contributed by atoms with Crippen molar-refractivity contribution >= 4 is 22.5 Å². The van der Waals surface area contributed by atoms with Crippen molar-refractivity contribution in [3.8, 4) is 0 Å². The average Bonchev–Trinajstić information content (AvgIpc) is 2.61. The van der Waals surface area contributed by atoms with Gasteiger partial charge in [-0.1, -0.05) is 38.1 Å². The van der Waals surface area contributed by atoms with Crippen LogP contribution in [0, 0.1) is 17.0 Å². The van der Waals surface area contributed by atoms with E-state index < -0.39 is 11.2 Å². The van der Waals surface area contributed by atoms with E-state index in [1.165, 1.54) is 18.3 Å². The molecule has 0 radical (unpaired) electrons. The highest BCUT2D eigenvalue weighted by molar-refractivity contribution is 5.97. The zero-order valence-electron chi connectivity index (χ0n) is 15.2. The summed E-state index contributed by atoms with van der Waals surface area (Å²) < 4.78 is 27.9. The largest absolute Gasteiger partial charge is 0.324 e. The fourth-order valence-electron chi connectivity index (χ4n) is 4.20. The van der Waals surface area contributed by atoms with Crippen LogP contribution in [0.15, 0.2) is 48.7 Å². The van der Waals surface area contributed by atoms with E-state index >= 15 is 0 Å². The Morgan fingerprint density at radius 1 is 1.19 bits per heavy atom. The maximum atomic E-state index is 14.2. The Bertz CT molecular complexity index is 1050. The number of benzene rings is 2. The minimum absolute atomic E-state index is 0.0467. The third-order valence-corrected chi connectivity index (χ3v) is 5.44. The highest BCUT2D eigenvalue weighted by Gasteiger charge is 2.40. The molecule has 1 N–H and O–H groups in total. The minimum atomic E-state index is -0.656. The molecule has 1 heterocycles. The normalized spacial score (nSPS) is 21.7. The number of hydrogen-bond acceptors (Lipinski definition) is 2. The molecule has 0 saturated heterocycles. The molecule has 5 heteroatoms. The first-order chi connectivity index (χ1) is 12.9. The number of nitrogens with one attached hydrogen (secondary N) is 1. The zero-order chi connectivity index (χ0) is 19.2. The molecule has 3 aromatic rings. The van der Waals surface area contributed by atoms with Gasteiger partial charge >= 0.3 is 0 Å². The fraction of sp³-hybridized carbons (Fsp3) is 0.273.